The van der Waals surface area contributed by atoms with Crippen LogP contribution < -0.4 is 14.4 Å². The summed E-state index contributed by atoms with van der Waals surface area (Å²) in [6.45, 7) is 4.20. The summed E-state index contributed by atoms with van der Waals surface area (Å²) in [6, 6.07) is 13.1. The van der Waals surface area contributed by atoms with Crippen molar-refractivity contribution in [2.75, 3.05) is 30.6 Å². The van der Waals surface area contributed by atoms with Gasteiger partial charge in [-0.15, -0.1) is 0 Å². The molecule has 2 aliphatic rings. The Morgan fingerprint density at radius 1 is 1.12 bits per heavy atom. The van der Waals surface area contributed by atoms with E-state index in [1.54, 1.807) is 26.4 Å². The average Bonchev–Trinajstić information content (AvgIpc) is 3.23. The number of amides is 1. The highest BCUT2D eigenvalue weighted by atomic mass is 32.2. The van der Waals surface area contributed by atoms with Crippen LogP contribution in [-0.4, -0.2) is 56.5 Å². The summed E-state index contributed by atoms with van der Waals surface area (Å²) in [6.07, 6.45) is 0.109. The quantitative estimate of drug-likeness (QED) is 0.613. The molecule has 0 radical (unpaired) electrons. The van der Waals surface area contributed by atoms with Crippen LogP contribution in [0.5, 0.6) is 11.5 Å². The van der Waals surface area contributed by atoms with E-state index >= 15 is 0 Å². The molecule has 2 fully saturated rings. The first-order chi connectivity index (χ1) is 15.7. The number of para-hydroxylation sites is 1. The minimum atomic E-state index is -3.12. The SMILES string of the molecule is COc1ccc(CC(=O)N=C2SC3CS(=O)(=O)CC3N2c2ccccc2C(C)C)cc1OC. The van der Waals surface area contributed by atoms with E-state index in [9.17, 15) is 13.2 Å². The maximum atomic E-state index is 12.9. The van der Waals surface area contributed by atoms with Crippen molar-refractivity contribution in [3.8, 4) is 11.5 Å². The fraction of sp³-hybridized carbons (Fsp3) is 0.417. The molecule has 1 amide bonds. The van der Waals surface area contributed by atoms with Crippen LogP contribution in [0.25, 0.3) is 0 Å². The first kappa shape index (κ1) is 23.6. The highest BCUT2D eigenvalue weighted by molar-refractivity contribution is 8.16. The molecule has 0 aliphatic carbocycles. The van der Waals surface area contributed by atoms with E-state index in [-0.39, 0.29) is 41.0 Å². The third-order valence-corrected chi connectivity index (χ3v) is 9.12. The molecule has 0 spiro atoms. The molecule has 2 atom stereocenters. The predicted octanol–water partition coefficient (Wildman–Crippen LogP) is 3.67. The van der Waals surface area contributed by atoms with Gasteiger partial charge in [0.05, 0.1) is 38.2 Å². The van der Waals surface area contributed by atoms with Gasteiger partial charge in [0.1, 0.15) is 0 Å². The van der Waals surface area contributed by atoms with Gasteiger partial charge < -0.3 is 14.4 Å². The Bertz CT molecular complexity index is 1190. The van der Waals surface area contributed by atoms with Crippen LogP contribution in [0.2, 0.25) is 0 Å². The van der Waals surface area contributed by atoms with Gasteiger partial charge >= 0.3 is 0 Å². The molecule has 176 valence electrons. The molecule has 0 aromatic heterocycles. The molecule has 9 heteroatoms. The standard InChI is InChI=1S/C24H28N2O5S2/c1-15(2)17-7-5-6-8-18(17)26-19-13-33(28,29)14-22(19)32-24(26)25-23(27)12-16-9-10-20(30-3)21(11-16)31-4/h5-11,15,19,22H,12-14H2,1-4H3. The Kier molecular flexibility index (Phi) is 6.72. The van der Waals surface area contributed by atoms with E-state index in [0.29, 0.717) is 16.7 Å². The summed E-state index contributed by atoms with van der Waals surface area (Å²) < 4.78 is 35.3. The van der Waals surface area contributed by atoms with Crippen molar-refractivity contribution in [3.05, 3.63) is 53.6 Å². The average molecular weight is 489 g/mol. The van der Waals surface area contributed by atoms with Crippen LogP contribution in [0.15, 0.2) is 47.5 Å². The van der Waals surface area contributed by atoms with Crippen molar-refractivity contribution in [1.29, 1.82) is 0 Å². The summed E-state index contributed by atoms with van der Waals surface area (Å²) >= 11 is 1.39. The zero-order valence-corrected chi connectivity index (χ0v) is 20.8. The Morgan fingerprint density at radius 3 is 2.55 bits per heavy atom. The van der Waals surface area contributed by atoms with Crippen LogP contribution in [0.4, 0.5) is 5.69 Å². The minimum Gasteiger partial charge on any atom is -0.493 e. The van der Waals surface area contributed by atoms with Crippen LogP contribution >= 0.6 is 11.8 Å². The fourth-order valence-corrected chi connectivity index (χ4v) is 8.28. The predicted molar refractivity (Wildman–Crippen MR) is 133 cm³/mol. The number of ether oxygens (including phenoxy) is 2. The summed E-state index contributed by atoms with van der Waals surface area (Å²) in [7, 11) is -0.00906. The van der Waals surface area contributed by atoms with Gasteiger partial charge in [-0.2, -0.15) is 4.99 Å². The highest BCUT2D eigenvalue weighted by Gasteiger charge is 2.49. The number of carbonyl (C=O) groups excluding carboxylic acids is 1. The zero-order valence-electron chi connectivity index (χ0n) is 19.1. The van der Waals surface area contributed by atoms with Gasteiger partial charge in [-0.25, -0.2) is 8.42 Å². The second-order valence-corrected chi connectivity index (χ2v) is 11.9. The van der Waals surface area contributed by atoms with E-state index in [2.05, 4.69) is 18.8 Å². The molecule has 4 rings (SSSR count). The van der Waals surface area contributed by atoms with Gasteiger partial charge in [0, 0.05) is 10.9 Å². The van der Waals surface area contributed by atoms with E-state index in [1.165, 1.54) is 11.8 Å². The van der Waals surface area contributed by atoms with Gasteiger partial charge in [0.25, 0.3) is 5.91 Å². The minimum absolute atomic E-state index is 0.0694. The topological polar surface area (TPSA) is 85.3 Å². The number of amidine groups is 1. The third kappa shape index (κ3) is 4.89. The lowest BCUT2D eigenvalue weighted by Crippen LogP contribution is -2.38. The zero-order chi connectivity index (χ0) is 23.8. The van der Waals surface area contributed by atoms with Gasteiger partial charge in [-0.3, -0.25) is 4.79 Å². The molecule has 7 nitrogen and oxygen atoms in total. The summed E-state index contributed by atoms with van der Waals surface area (Å²) in [4.78, 5) is 19.4. The van der Waals surface area contributed by atoms with E-state index < -0.39 is 9.84 Å². The molecule has 2 saturated heterocycles. The number of thioether (sulfide) groups is 1. The lowest BCUT2D eigenvalue weighted by Gasteiger charge is -2.28. The first-order valence-electron chi connectivity index (χ1n) is 10.8. The van der Waals surface area contributed by atoms with Crippen LogP contribution in [0, 0.1) is 0 Å². The highest BCUT2D eigenvalue weighted by Crippen LogP contribution is 2.43. The summed E-state index contributed by atoms with van der Waals surface area (Å²) in [5.41, 5.74) is 2.78. The molecule has 0 N–H and O–H groups in total. The second-order valence-electron chi connectivity index (χ2n) is 8.54. The van der Waals surface area contributed by atoms with Crippen molar-refractivity contribution in [2.45, 2.75) is 37.5 Å². The number of methoxy groups -OCH3 is 2. The van der Waals surface area contributed by atoms with Gasteiger partial charge in [0.15, 0.2) is 26.5 Å². The molecule has 2 aromatic rings. The number of hydrogen-bond donors (Lipinski definition) is 0. The third-order valence-electron chi connectivity index (χ3n) is 5.91. The number of carbonyl (C=O) groups is 1. The number of benzene rings is 2. The Hall–Kier alpha value is -2.52. The monoisotopic (exact) mass is 488 g/mol. The van der Waals surface area contributed by atoms with Crippen molar-refractivity contribution in [3.63, 3.8) is 0 Å². The fourth-order valence-electron chi connectivity index (χ4n) is 4.35. The largest absolute Gasteiger partial charge is 0.493 e. The van der Waals surface area contributed by atoms with Gasteiger partial charge in [0.2, 0.25) is 0 Å². The summed E-state index contributed by atoms with van der Waals surface area (Å²) in [5.74, 6) is 1.27. The van der Waals surface area contributed by atoms with Gasteiger partial charge in [-0.1, -0.05) is 49.9 Å². The number of rotatable bonds is 6. The van der Waals surface area contributed by atoms with Crippen LogP contribution in [0.3, 0.4) is 0 Å². The lowest BCUT2D eigenvalue weighted by molar-refractivity contribution is -0.117. The molecule has 2 aliphatic heterocycles. The number of nitrogens with zero attached hydrogens (tertiary/aromatic N) is 2. The second kappa shape index (κ2) is 9.38. The molecule has 33 heavy (non-hydrogen) atoms. The number of hydrogen-bond acceptors (Lipinski definition) is 6. The number of sulfone groups is 1. The first-order valence-corrected chi connectivity index (χ1v) is 13.5. The molecule has 0 bridgehead atoms. The van der Waals surface area contributed by atoms with Crippen molar-refractivity contribution >= 4 is 38.4 Å². The molecular formula is C24H28N2O5S2. The number of aliphatic imine (C=N–C) groups is 1. The van der Waals surface area contributed by atoms with Gasteiger partial charge in [-0.05, 0) is 35.2 Å². The molecule has 2 heterocycles. The van der Waals surface area contributed by atoms with Crippen LogP contribution in [-0.2, 0) is 21.1 Å². The Balaban J connectivity index is 1.66. The van der Waals surface area contributed by atoms with E-state index in [0.717, 1.165) is 16.8 Å². The molecule has 2 unspecified atom stereocenters. The number of anilines is 1. The molecule has 2 aromatic carbocycles. The molecular weight excluding hydrogens is 460 g/mol. The van der Waals surface area contributed by atoms with Crippen molar-refractivity contribution in [2.24, 2.45) is 4.99 Å². The maximum Gasteiger partial charge on any atom is 0.252 e. The summed E-state index contributed by atoms with van der Waals surface area (Å²) in [5, 5.41) is 0.432. The Morgan fingerprint density at radius 2 is 1.85 bits per heavy atom. The van der Waals surface area contributed by atoms with Crippen molar-refractivity contribution < 1.29 is 22.7 Å². The molecule has 0 saturated carbocycles. The van der Waals surface area contributed by atoms with Crippen LogP contribution in [0.1, 0.15) is 30.9 Å². The van der Waals surface area contributed by atoms with E-state index in [1.807, 2.05) is 35.2 Å². The maximum absolute atomic E-state index is 12.9. The van der Waals surface area contributed by atoms with E-state index in [4.69, 9.17) is 9.47 Å². The number of fused-ring (bicyclic) bond motifs is 1. The smallest absolute Gasteiger partial charge is 0.252 e. The lowest BCUT2D eigenvalue weighted by atomic mass is 9.99. The normalized spacial score (nSPS) is 22.6. The Labute approximate surface area is 199 Å². The van der Waals surface area contributed by atoms with Crippen molar-refractivity contribution in [1.82, 2.24) is 0 Å².